The van der Waals surface area contributed by atoms with Gasteiger partial charge in [-0.3, -0.25) is 0 Å². The molecule has 0 aliphatic rings. The first-order valence-corrected chi connectivity index (χ1v) is 9.44. The quantitative estimate of drug-likeness (QED) is 0.203. The van der Waals surface area contributed by atoms with Crippen molar-refractivity contribution in [3.05, 3.63) is 57.3 Å². The van der Waals surface area contributed by atoms with Crippen molar-refractivity contribution in [3.63, 3.8) is 0 Å². The molecular weight excluding hydrogens is 539 g/mol. The van der Waals surface area contributed by atoms with Crippen molar-refractivity contribution in [2.75, 3.05) is 12.5 Å². The van der Waals surface area contributed by atoms with Crippen molar-refractivity contribution in [1.29, 1.82) is 0 Å². The van der Waals surface area contributed by atoms with Crippen LogP contribution in [-0.2, 0) is 6.18 Å². The summed E-state index contributed by atoms with van der Waals surface area (Å²) in [5.41, 5.74) is -1.23. The third-order valence-electron chi connectivity index (χ3n) is 3.63. The largest absolute Gasteiger partial charge is 0.486 e. The highest BCUT2D eigenvalue weighted by atomic mass is 127. The maximum atomic E-state index is 12.9. The highest BCUT2D eigenvalue weighted by Gasteiger charge is 2.41. The molecule has 11 heteroatoms. The molecule has 0 saturated carbocycles. The molecule has 1 N–H and O–H groups in total. The molecule has 0 spiro atoms. The summed E-state index contributed by atoms with van der Waals surface area (Å²) in [4.78, 5) is 3.82. The highest BCUT2D eigenvalue weighted by molar-refractivity contribution is 14.1. The Balaban J connectivity index is 2.58. The number of benzene rings is 1. The first-order chi connectivity index (χ1) is 13.3. The number of alkyl halides is 7. The number of hydrogen-bond donors (Lipinski definition) is 1. The lowest BCUT2D eigenvalue weighted by Gasteiger charge is -2.19. The molecule has 2 aromatic rings. The van der Waals surface area contributed by atoms with Crippen LogP contribution in [0.15, 0.2) is 42.5 Å². The fourth-order valence-electron chi connectivity index (χ4n) is 2.19. The normalized spacial score (nSPS) is 13.3. The van der Waals surface area contributed by atoms with Crippen molar-refractivity contribution >= 4 is 34.2 Å². The molecule has 1 atom stereocenters. The number of nitrogens with zero attached hydrogens (tertiary/aromatic N) is 1. The lowest BCUT2D eigenvalue weighted by molar-refractivity contribution is -0.207. The van der Waals surface area contributed by atoms with Crippen LogP contribution in [-0.4, -0.2) is 28.8 Å². The molecule has 0 aliphatic carbocycles. The van der Waals surface area contributed by atoms with Crippen LogP contribution in [0.1, 0.15) is 17.4 Å². The van der Waals surface area contributed by atoms with E-state index in [9.17, 15) is 31.4 Å². The van der Waals surface area contributed by atoms with Crippen molar-refractivity contribution < 1.29 is 36.2 Å². The van der Waals surface area contributed by atoms with Crippen molar-refractivity contribution in [2.24, 2.45) is 0 Å². The monoisotopic (exact) mass is 551 g/mol. The molecule has 0 radical (unpaired) electrons. The molecule has 0 bridgehead atoms. The number of pyridine rings is 1. The third kappa shape index (κ3) is 5.98. The zero-order valence-corrected chi connectivity index (χ0v) is 17.3. The van der Waals surface area contributed by atoms with Crippen molar-refractivity contribution in [1.82, 2.24) is 4.98 Å². The number of ether oxygens (including phenoxy) is 1. The molecule has 3 nitrogen and oxygen atoms in total. The Morgan fingerprint density at radius 2 is 1.76 bits per heavy atom. The second-order valence-corrected chi connectivity index (χ2v) is 7.33. The van der Waals surface area contributed by atoms with E-state index >= 15 is 0 Å². The number of rotatable bonds is 6. The third-order valence-corrected chi connectivity index (χ3v) is 4.81. The van der Waals surface area contributed by atoms with E-state index in [2.05, 4.69) is 11.6 Å². The van der Waals surface area contributed by atoms with Crippen LogP contribution in [0.2, 0.25) is 0 Å². The molecule has 0 aliphatic heterocycles. The second-order valence-electron chi connectivity index (χ2n) is 5.90. The standard InChI is InChI=1S/C18H13ClF6INO2/c1-9(7-19)8-29-15-12(26)6-13(16(28)18(23,24)25)27-14(15)10-2-4-11(5-3-10)17(20,21)22/h2-6,16,28H,1,7-8H2. The van der Waals surface area contributed by atoms with Gasteiger partial charge in [0.15, 0.2) is 11.9 Å². The van der Waals surface area contributed by atoms with Crippen LogP contribution >= 0.6 is 34.2 Å². The predicted octanol–water partition coefficient (Wildman–Crippen LogP) is 6.14. The van der Waals surface area contributed by atoms with Gasteiger partial charge in [-0.2, -0.15) is 26.3 Å². The molecular formula is C18H13ClF6INO2. The summed E-state index contributed by atoms with van der Waals surface area (Å²) in [6, 6.07) is 4.67. The van der Waals surface area contributed by atoms with E-state index < -0.39 is 29.7 Å². The Morgan fingerprint density at radius 3 is 2.24 bits per heavy atom. The minimum atomic E-state index is -4.97. The summed E-state index contributed by atoms with van der Waals surface area (Å²) in [5, 5.41) is 9.54. The maximum Gasteiger partial charge on any atom is 0.420 e. The molecule has 0 amide bonds. The Morgan fingerprint density at radius 1 is 1.17 bits per heavy atom. The van der Waals surface area contributed by atoms with Gasteiger partial charge in [0.2, 0.25) is 0 Å². The SMILES string of the molecule is C=C(CCl)COc1c(I)cc(C(O)C(F)(F)F)nc1-c1ccc(C(F)(F)F)cc1. The van der Waals surface area contributed by atoms with Crippen LogP contribution in [0.5, 0.6) is 5.75 Å². The average molecular weight is 552 g/mol. The number of aliphatic hydroxyl groups excluding tert-OH is 1. The Hall–Kier alpha value is -1.53. The van der Waals surface area contributed by atoms with Gasteiger partial charge in [0, 0.05) is 11.4 Å². The zero-order valence-electron chi connectivity index (χ0n) is 14.4. The van der Waals surface area contributed by atoms with E-state index in [1.54, 1.807) is 22.6 Å². The van der Waals surface area contributed by atoms with E-state index in [0.717, 1.165) is 30.3 Å². The molecule has 158 valence electrons. The van der Waals surface area contributed by atoms with E-state index in [4.69, 9.17) is 16.3 Å². The van der Waals surface area contributed by atoms with Gasteiger partial charge in [0.25, 0.3) is 0 Å². The second kappa shape index (κ2) is 9.09. The van der Waals surface area contributed by atoms with Gasteiger partial charge in [-0.25, -0.2) is 4.98 Å². The molecule has 2 rings (SSSR count). The van der Waals surface area contributed by atoms with E-state index in [0.29, 0.717) is 5.57 Å². The van der Waals surface area contributed by atoms with Crippen molar-refractivity contribution in [3.8, 4) is 17.0 Å². The Bertz CT molecular complexity index is 884. The Kier molecular flexibility index (Phi) is 7.44. The minimum absolute atomic E-state index is 0.0368. The highest BCUT2D eigenvalue weighted by Crippen LogP contribution is 2.39. The summed E-state index contributed by atoms with van der Waals surface area (Å²) >= 11 is 7.32. The molecule has 1 aromatic carbocycles. The topological polar surface area (TPSA) is 42.4 Å². The minimum Gasteiger partial charge on any atom is -0.486 e. The number of halogens is 8. The molecule has 1 unspecified atom stereocenters. The van der Waals surface area contributed by atoms with Crippen LogP contribution in [0.4, 0.5) is 26.3 Å². The van der Waals surface area contributed by atoms with Crippen LogP contribution in [0.25, 0.3) is 11.3 Å². The maximum absolute atomic E-state index is 12.9. The van der Waals surface area contributed by atoms with Crippen molar-refractivity contribution in [2.45, 2.75) is 18.5 Å². The lowest BCUT2D eigenvalue weighted by atomic mass is 10.1. The van der Waals surface area contributed by atoms with Gasteiger partial charge in [-0.1, -0.05) is 18.7 Å². The molecule has 1 heterocycles. The van der Waals surface area contributed by atoms with Gasteiger partial charge in [-0.15, -0.1) is 11.6 Å². The van der Waals surface area contributed by atoms with E-state index in [1.807, 2.05) is 0 Å². The van der Waals surface area contributed by atoms with Gasteiger partial charge >= 0.3 is 12.4 Å². The predicted molar refractivity (Wildman–Crippen MR) is 104 cm³/mol. The first kappa shape index (κ1) is 23.7. The fraction of sp³-hybridized carbons (Fsp3) is 0.278. The van der Waals surface area contributed by atoms with E-state index in [1.165, 1.54) is 0 Å². The number of aliphatic hydroxyl groups is 1. The molecule has 0 saturated heterocycles. The number of hydrogen-bond acceptors (Lipinski definition) is 3. The summed E-state index contributed by atoms with van der Waals surface area (Å²) in [7, 11) is 0. The van der Waals surface area contributed by atoms with Gasteiger partial charge < -0.3 is 9.84 Å². The first-order valence-electron chi connectivity index (χ1n) is 7.83. The van der Waals surface area contributed by atoms with E-state index in [-0.39, 0.29) is 33.1 Å². The molecule has 0 fully saturated rings. The molecule has 29 heavy (non-hydrogen) atoms. The summed E-state index contributed by atoms with van der Waals surface area (Å²) in [6.07, 6.45) is -12.4. The number of aromatic nitrogens is 1. The summed E-state index contributed by atoms with van der Waals surface area (Å²) < 4.78 is 82.8. The summed E-state index contributed by atoms with van der Waals surface area (Å²) in [6.45, 7) is 3.57. The Labute approximate surface area is 180 Å². The average Bonchev–Trinajstić information content (AvgIpc) is 2.64. The van der Waals surface area contributed by atoms with Crippen LogP contribution in [0.3, 0.4) is 0 Å². The summed E-state index contributed by atoms with van der Waals surface area (Å²) in [5.74, 6) is 0.111. The lowest BCUT2D eigenvalue weighted by Crippen LogP contribution is -2.22. The van der Waals surface area contributed by atoms with Gasteiger partial charge in [0.05, 0.1) is 14.8 Å². The van der Waals surface area contributed by atoms with Crippen LogP contribution in [0, 0.1) is 3.57 Å². The zero-order chi connectivity index (χ0) is 22.0. The van der Waals surface area contributed by atoms with Gasteiger partial charge in [-0.05, 0) is 46.4 Å². The van der Waals surface area contributed by atoms with Gasteiger partial charge in [0.1, 0.15) is 12.3 Å². The molecule has 1 aromatic heterocycles. The fourth-order valence-corrected chi connectivity index (χ4v) is 3.00. The smallest absolute Gasteiger partial charge is 0.420 e. The van der Waals surface area contributed by atoms with Crippen LogP contribution < -0.4 is 4.74 Å².